The van der Waals surface area contributed by atoms with Crippen molar-refractivity contribution < 1.29 is 13.2 Å². The fraction of sp³-hybridized carbons (Fsp3) is 0.143. The number of carbonyl (C=O) groups excluding carboxylic acids is 1. The van der Waals surface area contributed by atoms with Gasteiger partial charge in [0.15, 0.2) is 0 Å². The number of hydrogen-bond acceptors (Lipinski definition) is 5. The van der Waals surface area contributed by atoms with Crippen LogP contribution in [0.15, 0.2) is 52.5 Å². The molecule has 9 heteroatoms. The second kappa shape index (κ2) is 7.69. The molecule has 0 radical (unpaired) electrons. The van der Waals surface area contributed by atoms with Crippen molar-refractivity contribution in [1.82, 2.24) is 10.1 Å². The van der Waals surface area contributed by atoms with Gasteiger partial charge in [-0.2, -0.15) is 5.10 Å². The van der Waals surface area contributed by atoms with E-state index in [2.05, 4.69) is 15.2 Å². The maximum atomic E-state index is 12.0. The first-order valence-corrected chi connectivity index (χ1v) is 9.20. The van der Waals surface area contributed by atoms with Gasteiger partial charge in [0, 0.05) is 0 Å². The molecule has 23 heavy (non-hydrogen) atoms. The second-order valence-corrected chi connectivity index (χ2v) is 7.96. The molecule has 122 valence electrons. The van der Waals surface area contributed by atoms with Crippen molar-refractivity contribution in [3.8, 4) is 0 Å². The summed E-state index contributed by atoms with van der Waals surface area (Å²) in [4.78, 5) is 12.6. The Morgan fingerprint density at radius 1 is 1.22 bits per heavy atom. The van der Waals surface area contributed by atoms with Crippen molar-refractivity contribution in [2.75, 3.05) is 6.54 Å². The summed E-state index contributed by atoms with van der Waals surface area (Å²) in [7, 11) is -3.72. The molecule has 2 rings (SSSR count). The number of nitrogens with one attached hydrogen (secondary N) is 2. The lowest BCUT2D eigenvalue weighted by Crippen LogP contribution is -2.35. The van der Waals surface area contributed by atoms with Gasteiger partial charge in [0.1, 0.15) is 0 Å². The Morgan fingerprint density at radius 2 is 1.91 bits per heavy atom. The van der Waals surface area contributed by atoms with Gasteiger partial charge in [-0.25, -0.2) is 18.6 Å². The maximum absolute atomic E-state index is 12.0. The molecule has 0 aliphatic heterocycles. The van der Waals surface area contributed by atoms with Crippen LogP contribution in [-0.2, 0) is 14.8 Å². The summed E-state index contributed by atoms with van der Waals surface area (Å²) < 4.78 is 26.8. The number of halogens is 1. The highest BCUT2D eigenvalue weighted by Crippen LogP contribution is 2.21. The highest BCUT2D eigenvalue weighted by atomic mass is 35.5. The molecule has 0 saturated carbocycles. The topological polar surface area (TPSA) is 87.6 Å². The molecule has 2 aromatic rings. The number of rotatable bonds is 6. The first-order valence-electron chi connectivity index (χ1n) is 6.52. The zero-order valence-electron chi connectivity index (χ0n) is 12.1. The summed E-state index contributed by atoms with van der Waals surface area (Å²) in [6.45, 7) is 1.32. The highest BCUT2D eigenvalue weighted by Gasteiger charge is 2.14. The Kier molecular flexibility index (Phi) is 5.89. The Balaban J connectivity index is 1.90. The van der Waals surface area contributed by atoms with Crippen LogP contribution in [0.3, 0.4) is 0 Å². The largest absolute Gasteiger partial charge is 0.272 e. The fourth-order valence-corrected chi connectivity index (χ4v) is 3.58. The third-order valence-electron chi connectivity index (χ3n) is 2.75. The predicted octanol–water partition coefficient (Wildman–Crippen LogP) is 2.22. The van der Waals surface area contributed by atoms with Crippen LogP contribution in [0.2, 0.25) is 4.34 Å². The minimum Gasteiger partial charge on any atom is -0.272 e. The van der Waals surface area contributed by atoms with Crippen molar-refractivity contribution in [2.24, 2.45) is 5.10 Å². The molecule has 1 aromatic heterocycles. The minimum atomic E-state index is -3.72. The molecule has 0 aliphatic carbocycles. The van der Waals surface area contributed by atoms with E-state index in [-0.39, 0.29) is 4.90 Å². The summed E-state index contributed by atoms with van der Waals surface area (Å²) in [6, 6.07) is 11.3. The van der Waals surface area contributed by atoms with Crippen LogP contribution >= 0.6 is 22.9 Å². The quantitative estimate of drug-likeness (QED) is 0.602. The molecule has 0 bridgehead atoms. The number of sulfonamides is 1. The van der Waals surface area contributed by atoms with Gasteiger partial charge in [-0.3, -0.25) is 4.79 Å². The van der Waals surface area contributed by atoms with E-state index in [1.807, 2.05) is 0 Å². The molecular weight excluding hydrogens is 358 g/mol. The smallest absolute Gasteiger partial charge is 0.255 e. The summed E-state index contributed by atoms with van der Waals surface area (Å²) in [6.07, 6.45) is 0. The average Bonchev–Trinajstić information content (AvgIpc) is 2.98. The molecule has 0 aliphatic rings. The molecule has 0 fully saturated rings. The first-order chi connectivity index (χ1) is 10.9. The van der Waals surface area contributed by atoms with Gasteiger partial charge in [0.25, 0.3) is 5.91 Å². The van der Waals surface area contributed by atoms with Crippen LogP contribution in [0.25, 0.3) is 0 Å². The van der Waals surface area contributed by atoms with Gasteiger partial charge in [-0.1, -0.05) is 29.8 Å². The number of hydrogen-bond donors (Lipinski definition) is 2. The molecule has 0 saturated heterocycles. The second-order valence-electron chi connectivity index (χ2n) is 4.47. The number of amides is 1. The standard InChI is InChI=1S/C14H14ClN3O3S2/c1-10(12-7-8-13(15)22-12)17-18-14(19)9-16-23(20,21)11-5-3-2-4-6-11/h2-8,16H,9H2,1H3,(H,18,19)/b17-10-. The fourth-order valence-electron chi connectivity index (χ4n) is 1.59. The van der Waals surface area contributed by atoms with E-state index in [0.29, 0.717) is 10.0 Å². The van der Waals surface area contributed by atoms with Crippen molar-refractivity contribution in [3.05, 3.63) is 51.7 Å². The summed E-state index contributed by atoms with van der Waals surface area (Å²) in [5.74, 6) is -0.563. The van der Waals surface area contributed by atoms with Crippen molar-refractivity contribution >= 4 is 44.6 Å². The van der Waals surface area contributed by atoms with Gasteiger partial charge in [0.2, 0.25) is 10.0 Å². The maximum Gasteiger partial charge on any atom is 0.255 e. The first kappa shape index (κ1) is 17.6. The van der Waals surface area contributed by atoms with E-state index in [4.69, 9.17) is 11.6 Å². The summed E-state index contributed by atoms with van der Waals surface area (Å²) in [5, 5.41) is 3.92. The van der Waals surface area contributed by atoms with E-state index < -0.39 is 22.5 Å². The van der Waals surface area contributed by atoms with E-state index in [1.165, 1.54) is 23.5 Å². The van der Waals surface area contributed by atoms with Gasteiger partial charge >= 0.3 is 0 Å². The highest BCUT2D eigenvalue weighted by molar-refractivity contribution is 7.89. The van der Waals surface area contributed by atoms with E-state index in [1.54, 1.807) is 37.3 Å². The Hall–Kier alpha value is -1.74. The number of carbonyl (C=O) groups is 1. The van der Waals surface area contributed by atoms with Gasteiger partial charge in [-0.05, 0) is 31.2 Å². The van der Waals surface area contributed by atoms with Gasteiger partial charge < -0.3 is 0 Å². The van der Waals surface area contributed by atoms with Crippen LogP contribution < -0.4 is 10.1 Å². The average molecular weight is 372 g/mol. The van der Waals surface area contributed by atoms with E-state index >= 15 is 0 Å². The molecule has 1 heterocycles. The SMILES string of the molecule is C/C(=N/NC(=O)CNS(=O)(=O)c1ccccc1)c1ccc(Cl)s1. The third-order valence-corrected chi connectivity index (χ3v) is 5.51. The number of benzene rings is 1. The van der Waals surface area contributed by atoms with Gasteiger partial charge in [0.05, 0.1) is 26.4 Å². The van der Waals surface area contributed by atoms with Crippen molar-refractivity contribution in [1.29, 1.82) is 0 Å². The Labute approximate surface area is 143 Å². The lowest BCUT2D eigenvalue weighted by molar-refractivity contribution is -0.119. The lowest BCUT2D eigenvalue weighted by atomic mass is 10.3. The molecule has 0 spiro atoms. The number of thiophene rings is 1. The van der Waals surface area contributed by atoms with Crippen molar-refractivity contribution in [3.63, 3.8) is 0 Å². The zero-order valence-corrected chi connectivity index (χ0v) is 14.5. The minimum absolute atomic E-state index is 0.0979. The third kappa shape index (κ3) is 5.14. The zero-order chi connectivity index (χ0) is 16.9. The van der Waals surface area contributed by atoms with Crippen LogP contribution in [0.5, 0.6) is 0 Å². The van der Waals surface area contributed by atoms with Gasteiger partial charge in [-0.15, -0.1) is 11.3 Å². The van der Waals surface area contributed by atoms with Crippen LogP contribution in [-0.4, -0.2) is 26.6 Å². The summed E-state index contributed by atoms with van der Waals surface area (Å²) in [5.41, 5.74) is 2.88. The van der Waals surface area contributed by atoms with Crippen LogP contribution in [0.4, 0.5) is 0 Å². The molecule has 1 amide bonds. The van der Waals surface area contributed by atoms with Crippen LogP contribution in [0, 0.1) is 0 Å². The van der Waals surface area contributed by atoms with E-state index in [9.17, 15) is 13.2 Å². The molecule has 2 N–H and O–H groups in total. The Bertz CT molecular complexity index is 817. The van der Waals surface area contributed by atoms with Crippen LogP contribution in [0.1, 0.15) is 11.8 Å². The van der Waals surface area contributed by atoms with Crippen molar-refractivity contribution in [2.45, 2.75) is 11.8 Å². The number of hydrazone groups is 1. The lowest BCUT2D eigenvalue weighted by Gasteiger charge is -2.06. The molecular formula is C14H14ClN3O3S2. The molecule has 0 atom stereocenters. The normalized spacial score (nSPS) is 12.2. The predicted molar refractivity (Wildman–Crippen MR) is 91.3 cm³/mol. The Morgan fingerprint density at radius 3 is 2.52 bits per heavy atom. The monoisotopic (exact) mass is 371 g/mol. The summed E-state index contributed by atoms with van der Waals surface area (Å²) >= 11 is 7.16. The molecule has 0 unspecified atom stereocenters. The van der Waals surface area contributed by atoms with E-state index in [0.717, 1.165) is 4.88 Å². The molecule has 6 nitrogen and oxygen atoms in total. The number of nitrogens with zero attached hydrogens (tertiary/aromatic N) is 1. The molecule has 1 aromatic carbocycles.